The third-order valence-electron chi connectivity index (χ3n) is 2.36. The highest BCUT2D eigenvalue weighted by Crippen LogP contribution is 2.07. The summed E-state index contributed by atoms with van der Waals surface area (Å²) in [5, 5.41) is 2.72. The van der Waals surface area contributed by atoms with E-state index in [-0.39, 0.29) is 11.8 Å². The third-order valence-corrected chi connectivity index (χ3v) is 2.36. The average molecular weight is 196 g/mol. The molecule has 0 aliphatic heterocycles. The first kappa shape index (κ1) is 13.0. The summed E-state index contributed by atoms with van der Waals surface area (Å²) in [6.45, 7) is 7.50. The quantitative estimate of drug-likeness (QED) is 0.656. The summed E-state index contributed by atoms with van der Waals surface area (Å²) in [5.41, 5.74) is 5.13. The Kier molecular flexibility index (Phi) is 4.65. The molecule has 0 fully saturated rings. The molecule has 0 radical (unpaired) electrons. The van der Waals surface area contributed by atoms with Gasteiger partial charge in [-0.25, -0.2) is 0 Å². The van der Waals surface area contributed by atoms with Crippen LogP contribution < -0.4 is 11.1 Å². The molecule has 0 bridgehead atoms. The molecular formula is C11H20N2O. The molecule has 0 aliphatic rings. The average Bonchev–Trinajstić information content (AvgIpc) is 2.14. The van der Waals surface area contributed by atoms with Crippen molar-refractivity contribution in [1.82, 2.24) is 5.32 Å². The summed E-state index contributed by atoms with van der Waals surface area (Å²) in [7, 11) is 0. The monoisotopic (exact) mass is 196 g/mol. The molecule has 0 rings (SSSR count). The Morgan fingerprint density at radius 1 is 1.64 bits per heavy atom. The van der Waals surface area contributed by atoms with Gasteiger partial charge in [-0.3, -0.25) is 4.79 Å². The summed E-state index contributed by atoms with van der Waals surface area (Å²) < 4.78 is 0. The summed E-state index contributed by atoms with van der Waals surface area (Å²) in [6, 6.07) is -0.479. The second kappa shape index (κ2) is 5.02. The summed E-state index contributed by atoms with van der Waals surface area (Å²) >= 11 is 0. The lowest BCUT2D eigenvalue weighted by Gasteiger charge is -2.24. The maximum Gasteiger partial charge on any atom is 0.238 e. The van der Waals surface area contributed by atoms with E-state index in [4.69, 9.17) is 12.2 Å². The fourth-order valence-electron chi connectivity index (χ4n) is 0.940. The highest BCUT2D eigenvalue weighted by Gasteiger charge is 2.24. The first-order valence-corrected chi connectivity index (χ1v) is 4.89. The van der Waals surface area contributed by atoms with Crippen molar-refractivity contribution in [1.29, 1.82) is 0 Å². The van der Waals surface area contributed by atoms with E-state index in [1.165, 1.54) is 0 Å². The van der Waals surface area contributed by atoms with Crippen LogP contribution >= 0.6 is 0 Å². The van der Waals surface area contributed by atoms with Crippen LogP contribution in [0.3, 0.4) is 0 Å². The molecule has 0 aromatic heterocycles. The first-order chi connectivity index (χ1) is 6.34. The van der Waals surface area contributed by atoms with Gasteiger partial charge in [-0.05, 0) is 19.8 Å². The van der Waals surface area contributed by atoms with Gasteiger partial charge in [0.2, 0.25) is 5.91 Å². The van der Waals surface area contributed by atoms with E-state index in [1.807, 2.05) is 13.8 Å². The van der Waals surface area contributed by atoms with Crippen LogP contribution in [0.25, 0.3) is 0 Å². The van der Waals surface area contributed by atoms with E-state index in [2.05, 4.69) is 11.2 Å². The normalized spacial score (nSPS) is 15.4. The third kappa shape index (κ3) is 3.80. The van der Waals surface area contributed by atoms with Gasteiger partial charge in [0.25, 0.3) is 0 Å². The highest BCUT2D eigenvalue weighted by molar-refractivity contribution is 5.82. The van der Waals surface area contributed by atoms with E-state index < -0.39 is 11.6 Å². The van der Waals surface area contributed by atoms with Crippen molar-refractivity contribution in [3.05, 3.63) is 0 Å². The van der Waals surface area contributed by atoms with E-state index >= 15 is 0 Å². The Balaban J connectivity index is 4.30. The molecule has 1 amide bonds. The lowest BCUT2D eigenvalue weighted by Crippen LogP contribution is -2.51. The molecule has 3 nitrogen and oxygen atoms in total. The van der Waals surface area contributed by atoms with Crippen LogP contribution in [0.1, 0.15) is 34.1 Å². The van der Waals surface area contributed by atoms with Gasteiger partial charge in [0.1, 0.15) is 0 Å². The molecule has 0 saturated carbocycles. The smallest absolute Gasteiger partial charge is 0.238 e. The number of nitrogens with one attached hydrogen (secondary N) is 1. The minimum Gasteiger partial charge on any atom is -0.339 e. The fourth-order valence-corrected chi connectivity index (χ4v) is 0.940. The molecule has 0 aromatic rings. The molecule has 3 heteroatoms. The highest BCUT2D eigenvalue weighted by atomic mass is 16.2. The molecule has 1 unspecified atom stereocenters. The van der Waals surface area contributed by atoms with Crippen LogP contribution in [0.15, 0.2) is 0 Å². The Labute approximate surface area is 86.4 Å². The maximum absolute atomic E-state index is 11.6. The predicted octanol–water partition coefficient (Wildman–Crippen LogP) is 0.888. The lowest BCUT2D eigenvalue weighted by atomic mass is 9.98. The van der Waals surface area contributed by atoms with Crippen molar-refractivity contribution in [2.45, 2.75) is 45.7 Å². The van der Waals surface area contributed by atoms with Crippen LogP contribution in [-0.2, 0) is 4.79 Å². The molecule has 80 valence electrons. The predicted molar refractivity (Wildman–Crippen MR) is 58.5 cm³/mol. The second-order valence-electron chi connectivity index (χ2n) is 4.17. The van der Waals surface area contributed by atoms with Crippen LogP contribution in [-0.4, -0.2) is 17.5 Å². The zero-order valence-electron chi connectivity index (χ0n) is 9.42. The number of hydrogen-bond donors (Lipinski definition) is 2. The van der Waals surface area contributed by atoms with Gasteiger partial charge in [0.05, 0.1) is 11.6 Å². The Hall–Kier alpha value is -1.01. The van der Waals surface area contributed by atoms with Crippen LogP contribution in [0, 0.1) is 18.3 Å². The van der Waals surface area contributed by atoms with Gasteiger partial charge in [-0.2, -0.15) is 0 Å². The number of rotatable bonds is 4. The molecule has 0 aromatic carbocycles. The Bertz CT molecular complexity index is 240. The summed E-state index contributed by atoms with van der Waals surface area (Å²) in [6.07, 6.45) is 6.14. The number of hydrogen-bond acceptors (Lipinski definition) is 2. The zero-order valence-corrected chi connectivity index (χ0v) is 9.42. The topological polar surface area (TPSA) is 55.1 Å². The van der Waals surface area contributed by atoms with Crippen molar-refractivity contribution in [2.24, 2.45) is 11.7 Å². The van der Waals surface area contributed by atoms with Crippen molar-refractivity contribution in [3.8, 4) is 12.3 Å². The Morgan fingerprint density at radius 2 is 2.14 bits per heavy atom. The number of nitrogens with two attached hydrogens (primary N) is 1. The van der Waals surface area contributed by atoms with Gasteiger partial charge in [0.15, 0.2) is 0 Å². The fraction of sp³-hybridized carbons (Fsp3) is 0.727. The second-order valence-corrected chi connectivity index (χ2v) is 4.17. The lowest BCUT2D eigenvalue weighted by molar-refractivity contribution is -0.124. The van der Waals surface area contributed by atoms with Crippen LogP contribution in [0.2, 0.25) is 0 Å². The Morgan fingerprint density at radius 3 is 2.50 bits per heavy atom. The summed E-state index contributed by atoms with van der Waals surface area (Å²) in [5.74, 6) is 2.49. The molecule has 0 saturated heterocycles. The van der Waals surface area contributed by atoms with Crippen molar-refractivity contribution in [3.63, 3.8) is 0 Å². The number of carbonyl (C=O) groups excluding carboxylic acids is 1. The van der Waals surface area contributed by atoms with E-state index in [0.717, 1.165) is 6.42 Å². The van der Waals surface area contributed by atoms with E-state index in [0.29, 0.717) is 0 Å². The zero-order chi connectivity index (χ0) is 11.4. The van der Waals surface area contributed by atoms with Crippen molar-refractivity contribution >= 4 is 5.91 Å². The maximum atomic E-state index is 11.6. The summed E-state index contributed by atoms with van der Waals surface area (Å²) in [4.78, 5) is 11.6. The SMILES string of the molecule is C#CC(C)(C)NC(=O)[C@@H](N)C(C)CC. The minimum atomic E-state index is -0.623. The van der Waals surface area contributed by atoms with E-state index in [1.54, 1.807) is 13.8 Å². The number of terminal acetylenes is 1. The molecular weight excluding hydrogens is 176 g/mol. The van der Waals surface area contributed by atoms with Gasteiger partial charge in [-0.1, -0.05) is 26.2 Å². The van der Waals surface area contributed by atoms with E-state index in [9.17, 15) is 4.79 Å². The first-order valence-electron chi connectivity index (χ1n) is 4.89. The van der Waals surface area contributed by atoms with Crippen LogP contribution in [0.4, 0.5) is 0 Å². The van der Waals surface area contributed by atoms with Crippen LogP contribution in [0.5, 0.6) is 0 Å². The molecule has 3 N–H and O–H groups in total. The van der Waals surface area contributed by atoms with Gasteiger partial charge in [-0.15, -0.1) is 6.42 Å². The largest absolute Gasteiger partial charge is 0.339 e. The van der Waals surface area contributed by atoms with Gasteiger partial charge >= 0.3 is 0 Å². The van der Waals surface area contributed by atoms with Crippen molar-refractivity contribution < 1.29 is 4.79 Å². The standard InChI is InChI=1S/C11H20N2O/c1-6-8(3)9(12)10(14)13-11(4,5)7-2/h2,8-9H,6,12H2,1,3-5H3,(H,13,14)/t8?,9-/m0/s1. The molecule has 2 atom stereocenters. The minimum absolute atomic E-state index is 0.170. The molecule has 0 heterocycles. The number of carbonyl (C=O) groups is 1. The molecule has 0 aliphatic carbocycles. The van der Waals surface area contributed by atoms with Gasteiger partial charge < -0.3 is 11.1 Å². The molecule has 0 spiro atoms. The van der Waals surface area contributed by atoms with Crippen molar-refractivity contribution in [2.75, 3.05) is 0 Å². The van der Waals surface area contributed by atoms with Gasteiger partial charge in [0, 0.05) is 0 Å². The number of amides is 1. The molecule has 14 heavy (non-hydrogen) atoms.